The van der Waals surface area contributed by atoms with Gasteiger partial charge in [0.2, 0.25) is 0 Å². The Hall–Kier alpha value is -0.740. The van der Waals surface area contributed by atoms with Crippen LogP contribution in [0.5, 0.6) is 11.5 Å². The molecule has 1 aromatic rings. The van der Waals surface area contributed by atoms with Crippen LogP contribution in [0.1, 0.15) is 61.6 Å². The minimum Gasteiger partial charge on any atom is -0.493 e. The van der Waals surface area contributed by atoms with Crippen LogP contribution in [0, 0.1) is 0 Å². The number of nitrogens with two attached hydrogens (primary N) is 1. The van der Waals surface area contributed by atoms with Gasteiger partial charge in [0.1, 0.15) is 11.5 Å². The highest BCUT2D eigenvalue weighted by Crippen LogP contribution is 2.51. The maximum Gasteiger partial charge on any atom is 0.137 e. The van der Waals surface area contributed by atoms with E-state index in [2.05, 4.69) is 15.9 Å². The SMILES string of the molecule is NC1(c2c3c(c(Br)c4c2OCCC4)OCCC3)CCCCC1. The molecule has 0 atom stereocenters. The molecule has 1 fully saturated rings. The van der Waals surface area contributed by atoms with Crippen molar-refractivity contribution in [1.29, 1.82) is 0 Å². The number of hydrogen-bond donors (Lipinski definition) is 1. The average molecular weight is 366 g/mol. The second kappa shape index (κ2) is 5.72. The first-order valence-corrected chi connectivity index (χ1v) is 9.42. The molecule has 0 aromatic heterocycles. The summed E-state index contributed by atoms with van der Waals surface area (Å²) in [5, 5.41) is 0. The molecule has 0 amide bonds. The quantitative estimate of drug-likeness (QED) is 0.810. The largest absolute Gasteiger partial charge is 0.493 e. The molecule has 3 aliphatic rings. The third-order valence-electron chi connectivity index (χ3n) is 5.42. The Morgan fingerprint density at radius 2 is 1.45 bits per heavy atom. The first-order chi connectivity index (χ1) is 10.7. The van der Waals surface area contributed by atoms with Crippen molar-refractivity contribution in [2.75, 3.05) is 13.2 Å². The van der Waals surface area contributed by atoms with Crippen molar-refractivity contribution in [2.45, 2.75) is 63.3 Å². The van der Waals surface area contributed by atoms with Crippen molar-refractivity contribution in [1.82, 2.24) is 0 Å². The summed E-state index contributed by atoms with van der Waals surface area (Å²) in [5.74, 6) is 2.12. The molecule has 0 radical (unpaired) electrons. The summed E-state index contributed by atoms with van der Waals surface area (Å²) in [6.45, 7) is 1.62. The standard InChI is InChI=1S/C18H24BrNO2/c19-15-13-7-5-10-21-16(13)14(12-6-4-11-22-17(12)15)18(20)8-2-1-3-9-18/h1-11,20H2. The van der Waals surface area contributed by atoms with Crippen molar-refractivity contribution >= 4 is 15.9 Å². The van der Waals surface area contributed by atoms with Gasteiger partial charge in [0.15, 0.2) is 0 Å². The Kier molecular flexibility index (Phi) is 3.85. The molecule has 1 saturated carbocycles. The minimum absolute atomic E-state index is 0.231. The van der Waals surface area contributed by atoms with E-state index in [-0.39, 0.29) is 5.54 Å². The third kappa shape index (κ3) is 2.26. The van der Waals surface area contributed by atoms with E-state index in [1.807, 2.05) is 0 Å². The lowest BCUT2D eigenvalue weighted by molar-refractivity contribution is 0.240. The van der Waals surface area contributed by atoms with Gasteiger partial charge in [0.25, 0.3) is 0 Å². The molecule has 4 rings (SSSR count). The minimum atomic E-state index is -0.231. The fraction of sp³-hybridized carbons (Fsp3) is 0.667. The molecular weight excluding hydrogens is 342 g/mol. The molecule has 0 unspecified atom stereocenters. The normalized spacial score (nSPS) is 23.0. The molecule has 0 bridgehead atoms. The highest BCUT2D eigenvalue weighted by atomic mass is 79.9. The van der Waals surface area contributed by atoms with E-state index in [1.54, 1.807) is 0 Å². The Bertz CT molecular complexity index is 556. The predicted octanol–water partition coefficient (Wildman–Crippen LogP) is 4.22. The Labute approximate surface area is 140 Å². The summed E-state index contributed by atoms with van der Waals surface area (Å²) in [5.41, 5.74) is 10.6. The molecule has 4 heteroatoms. The summed E-state index contributed by atoms with van der Waals surface area (Å²) in [4.78, 5) is 0. The van der Waals surface area contributed by atoms with E-state index in [0.29, 0.717) is 0 Å². The van der Waals surface area contributed by atoms with Crippen LogP contribution in [0.2, 0.25) is 0 Å². The molecule has 0 spiro atoms. The second-order valence-corrected chi connectivity index (χ2v) is 7.72. The fourth-order valence-electron chi connectivity index (χ4n) is 4.35. The maximum absolute atomic E-state index is 6.93. The van der Waals surface area contributed by atoms with Gasteiger partial charge < -0.3 is 15.2 Å². The average Bonchev–Trinajstić information content (AvgIpc) is 2.56. The van der Waals surface area contributed by atoms with Crippen LogP contribution in [-0.2, 0) is 18.4 Å². The van der Waals surface area contributed by atoms with Crippen molar-refractivity contribution < 1.29 is 9.47 Å². The van der Waals surface area contributed by atoms with Crippen molar-refractivity contribution in [3.63, 3.8) is 0 Å². The zero-order chi connectivity index (χ0) is 15.2. The van der Waals surface area contributed by atoms with Gasteiger partial charge in [0.05, 0.1) is 17.7 Å². The van der Waals surface area contributed by atoms with Crippen LogP contribution in [-0.4, -0.2) is 13.2 Å². The summed E-state index contributed by atoms with van der Waals surface area (Å²) >= 11 is 3.78. The highest BCUT2D eigenvalue weighted by molar-refractivity contribution is 9.10. The van der Waals surface area contributed by atoms with Gasteiger partial charge in [-0.2, -0.15) is 0 Å². The number of halogens is 1. The zero-order valence-electron chi connectivity index (χ0n) is 13.0. The van der Waals surface area contributed by atoms with Crippen molar-refractivity contribution in [2.24, 2.45) is 5.73 Å². The number of fused-ring (bicyclic) bond motifs is 2. The summed E-state index contributed by atoms with van der Waals surface area (Å²) in [7, 11) is 0. The molecule has 2 aliphatic heterocycles. The fourth-order valence-corrected chi connectivity index (χ4v) is 5.08. The highest BCUT2D eigenvalue weighted by Gasteiger charge is 2.39. The molecular formula is C18H24BrNO2. The van der Waals surface area contributed by atoms with Crippen molar-refractivity contribution in [3.05, 3.63) is 21.2 Å². The Morgan fingerprint density at radius 1 is 0.818 bits per heavy atom. The van der Waals surface area contributed by atoms with Crippen LogP contribution in [0.25, 0.3) is 0 Å². The van der Waals surface area contributed by atoms with E-state index in [4.69, 9.17) is 15.2 Å². The molecule has 1 aromatic carbocycles. The van der Waals surface area contributed by atoms with Crippen LogP contribution in [0.3, 0.4) is 0 Å². The lowest BCUT2D eigenvalue weighted by Gasteiger charge is -2.40. The first kappa shape index (κ1) is 14.8. The number of benzene rings is 1. The van der Waals surface area contributed by atoms with Gasteiger partial charge >= 0.3 is 0 Å². The van der Waals surface area contributed by atoms with Gasteiger partial charge in [0, 0.05) is 22.2 Å². The van der Waals surface area contributed by atoms with E-state index in [0.717, 1.165) is 67.7 Å². The number of hydrogen-bond acceptors (Lipinski definition) is 3. The lowest BCUT2D eigenvalue weighted by Crippen LogP contribution is -2.41. The monoisotopic (exact) mass is 365 g/mol. The molecule has 2 heterocycles. The molecule has 3 nitrogen and oxygen atoms in total. The molecule has 0 saturated heterocycles. The summed E-state index contributed by atoms with van der Waals surface area (Å²) < 4.78 is 13.3. The molecule has 120 valence electrons. The van der Waals surface area contributed by atoms with Gasteiger partial charge in [-0.15, -0.1) is 0 Å². The van der Waals surface area contributed by atoms with Crippen LogP contribution in [0.15, 0.2) is 4.47 Å². The van der Waals surface area contributed by atoms with Crippen LogP contribution < -0.4 is 15.2 Å². The zero-order valence-corrected chi connectivity index (χ0v) is 14.6. The molecule has 1 aliphatic carbocycles. The van der Waals surface area contributed by atoms with E-state index in [1.165, 1.54) is 36.0 Å². The van der Waals surface area contributed by atoms with Gasteiger partial charge in [-0.3, -0.25) is 0 Å². The maximum atomic E-state index is 6.93. The van der Waals surface area contributed by atoms with Gasteiger partial charge in [-0.1, -0.05) is 19.3 Å². The summed E-state index contributed by atoms with van der Waals surface area (Å²) in [6, 6.07) is 0. The smallest absolute Gasteiger partial charge is 0.137 e. The topological polar surface area (TPSA) is 44.5 Å². The summed E-state index contributed by atoms with van der Waals surface area (Å²) in [6.07, 6.45) is 10.1. The first-order valence-electron chi connectivity index (χ1n) is 8.63. The second-order valence-electron chi connectivity index (χ2n) is 6.93. The molecule has 22 heavy (non-hydrogen) atoms. The Balaban J connectivity index is 1.95. The van der Waals surface area contributed by atoms with Crippen molar-refractivity contribution in [3.8, 4) is 11.5 Å². The lowest BCUT2D eigenvalue weighted by atomic mass is 9.73. The number of ether oxygens (including phenoxy) is 2. The Morgan fingerprint density at radius 3 is 2.18 bits per heavy atom. The number of rotatable bonds is 1. The van der Waals surface area contributed by atoms with E-state index in [9.17, 15) is 0 Å². The van der Waals surface area contributed by atoms with Gasteiger partial charge in [-0.25, -0.2) is 0 Å². The van der Waals surface area contributed by atoms with E-state index >= 15 is 0 Å². The van der Waals surface area contributed by atoms with Gasteiger partial charge in [-0.05, 0) is 54.5 Å². The third-order valence-corrected chi connectivity index (χ3v) is 6.26. The predicted molar refractivity (Wildman–Crippen MR) is 90.7 cm³/mol. The van der Waals surface area contributed by atoms with E-state index < -0.39 is 0 Å². The molecule has 2 N–H and O–H groups in total. The van der Waals surface area contributed by atoms with Crippen LogP contribution in [0.4, 0.5) is 0 Å². The van der Waals surface area contributed by atoms with Crippen LogP contribution >= 0.6 is 15.9 Å².